The molecular formula is C19H19FN4O2. The molecule has 3 heterocycles. The fourth-order valence-electron chi connectivity index (χ4n) is 3.22. The number of aromatic nitrogens is 3. The first-order valence-corrected chi connectivity index (χ1v) is 8.40. The molecule has 0 aromatic carbocycles. The van der Waals surface area contributed by atoms with Crippen LogP contribution >= 0.6 is 0 Å². The van der Waals surface area contributed by atoms with Crippen molar-refractivity contribution in [2.75, 3.05) is 12.4 Å². The zero-order valence-electron chi connectivity index (χ0n) is 14.8. The van der Waals surface area contributed by atoms with Crippen LogP contribution in [-0.4, -0.2) is 33.7 Å². The summed E-state index contributed by atoms with van der Waals surface area (Å²) >= 11 is 0. The van der Waals surface area contributed by atoms with Crippen LogP contribution in [0.15, 0.2) is 30.6 Å². The van der Waals surface area contributed by atoms with Gasteiger partial charge in [-0.3, -0.25) is 9.78 Å². The van der Waals surface area contributed by atoms with Gasteiger partial charge in [0.05, 0.1) is 41.7 Å². The van der Waals surface area contributed by atoms with Crippen molar-refractivity contribution in [1.29, 1.82) is 0 Å². The summed E-state index contributed by atoms with van der Waals surface area (Å²) < 4.78 is 20.5. The topological polar surface area (TPSA) is 69.0 Å². The van der Waals surface area contributed by atoms with Crippen LogP contribution in [0.3, 0.4) is 0 Å². The molecule has 0 radical (unpaired) electrons. The Kier molecular flexibility index (Phi) is 3.86. The van der Waals surface area contributed by atoms with Crippen LogP contribution in [0.2, 0.25) is 0 Å². The molecule has 2 atom stereocenters. The Labute approximate surface area is 150 Å². The standard InChI is InChI=1S/C19H19FN4O2/c1-10-18(16(26-3)4-5-21-10)14-6-11-7-17(22-9-15(11)24(14)2)23-19(25)12-8-13(12)20/h4-7,9,12-13H,8H2,1-3H3,(H,22,23,25). The van der Waals surface area contributed by atoms with Gasteiger partial charge in [0.25, 0.3) is 0 Å². The highest BCUT2D eigenvalue weighted by atomic mass is 19.1. The lowest BCUT2D eigenvalue weighted by Crippen LogP contribution is -2.15. The molecule has 1 saturated carbocycles. The molecule has 0 saturated heterocycles. The van der Waals surface area contributed by atoms with E-state index < -0.39 is 12.1 Å². The second kappa shape index (κ2) is 6.09. The first kappa shape index (κ1) is 16.5. The second-order valence-electron chi connectivity index (χ2n) is 6.54. The first-order valence-electron chi connectivity index (χ1n) is 8.40. The molecule has 1 amide bonds. The number of fused-ring (bicyclic) bond motifs is 1. The van der Waals surface area contributed by atoms with Gasteiger partial charge < -0.3 is 14.6 Å². The van der Waals surface area contributed by atoms with E-state index in [0.29, 0.717) is 12.2 Å². The maximum Gasteiger partial charge on any atom is 0.231 e. The number of ether oxygens (including phenoxy) is 1. The van der Waals surface area contributed by atoms with Crippen LogP contribution in [0.1, 0.15) is 12.1 Å². The van der Waals surface area contributed by atoms with Crippen LogP contribution in [0.5, 0.6) is 5.75 Å². The molecule has 1 aliphatic rings. The normalized spacial score (nSPS) is 18.8. The Morgan fingerprint density at radius 3 is 2.85 bits per heavy atom. The summed E-state index contributed by atoms with van der Waals surface area (Å²) in [6, 6.07) is 5.63. The number of hydrogen-bond acceptors (Lipinski definition) is 4. The van der Waals surface area contributed by atoms with E-state index in [1.807, 2.05) is 30.7 Å². The summed E-state index contributed by atoms with van der Waals surface area (Å²) in [6.45, 7) is 1.93. The van der Waals surface area contributed by atoms with E-state index in [-0.39, 0.29) is 5.91 Å². The van der Waals surface area contributed by atoms with Gasteiger partial charge in [-0.15, -0.1) is 0 Å². The number of amides is 1. The number of pyridine rings is 2. The molecule has 1 N–H and O–H groups in total. The molecule has 1 fully saturated rings. The average molecular weight is 354 g/mol. The van der Waals surface area contributed by atoms with Crippen molar-refractivity contribution in [3.8, 4) is 17.0 Å². The SMILES string of the molecule is COc1ccnc(C)c1-c1cc2cc(NC(=O)C3CC3F)ncc2n1C. The van der Waals surface area contributed by atoms with Crippen LogP contribution < -0.4 is 10.1 Å². The van der Waals surface area contributed by atoms with Gasteiger partial charge >= 0.3 is 0 Å². The van der Waals surface area contributed by atoms with Crippen molar-refractivity contribution in [1.82, 2.24) is 14.5 Å². The molecule has 3 aromatic rings. The predicted molar refractivity (Wildman–Crippen MR) is 96.9 cm³/mol. The van der Waals surface area contributed by atoms with E-state index in [2.05, 4.69) is 15.3 Å². The quantitative estimate of drug-likeness (QED) is 0.781. The summed E-state index contributed by atoms with van der Waals surface area (Å²) in [7, 11) is 3.58. The zero-order chi connectivity index (χ0) is 18.4. The van der Waals surface area contributed by atoms with Crippen molar-refractivity contribution >= 4 is 22.6 Å². The lowest BCUT2D eigenvalue weighted by molar-refractivity contribution is -0.117. The zero-order valence-corrected chi connectivity index (χ0v) is 14.8. The van der Waals surface area contributed by atoms with Crippen molar-refractivity contribution in [3.63, 3.8) is 0 Å². The van der Waals surface area contributed by atoms with Crippen LogP contribution in [0.25, 0.3) is 22.2 Å². The first-order chi connectivity index (χ1) is 12.5. The van der Waals surface area contributed by atoms with E-state index in [4.69, 9.17) is 4.74 Å². The number of alkyl halides is 1. The Balaban J connectivity index is 1.74. The molecule has 1 aliphatic carbocycles. The van der Waals surface area contributed by atoms with E-state index in [0.717, 1.165) is 33.6 Å². The number of aryl methyl sites for hydroxylation is 2. The monoisotopic (exact) mass is 354 g/mol. The lowest BCUT2D eigenvalue weighted by atomic mass is 10.1. The predicted octanol–water partition coefficient (Wildman–Crippen LogP) is 3.25. The van der Waals surface area contributed by atoms with Crippen molar-refractivity contribution in [2.45, 2.75) is 19.5 Å². The minimum Gasteiger partial charge on any atom is -0.496 e. The van der Waals surface area contributed by atoms with Crippen LogP contribution in [0, 0.1) is 12.8 Å². The molecule has 3 aromatic heterocycles. The number of anilines is 1. The molecule has 2 unspecified atom stereocenters. The number of methoxy groups -OCH3 is 1. The van der Waals surface area contributed by atoms with E-state index >= 15 is 0 Å². The maximum absolute atomic E-state index is 13.0. The minimum absolute atomic E-state index is 0.295. The fourth-order valence-corrected chi connectivity index (χ4v) is 3.22. The third-order valence-corrected chi connectivity index (χ3v) is 4.81. The molecule has 7 heteroatoms. The highest BCUT2D eigenvalue weighted by molar-refractivity contribution is 5.96. The van der Waals surface area contributed by atoms with Crippen molar-refractivity contribution in [2.24, 2.45) is 13.0 Å². The summed E-state index contributed by atoms with van der Waals surface area (Å²) in [5, 5.41) is 3.61. The molecule has 4 rings (SSSR count). The highest BCUT2D eigenvalue weighted by Gasteiger charge is 2.43. The average Bonchev–Trinajstić information content (AvgIpc) is 3.28. The smallest absolute Gasteiger partial charge is 0.231 e. The molecular weight excluding hydrogens is 335 g/mol. The van der Waals surface area contributed by atoms with Gasteiger partial charge in [0.2, 0.25) is 5.91 Å². The van der Waals surface area contributed by atoms with Gasteiger partial charge in [0, 0.05) is 18.6 Å². The van der Waals surface area contributed by atoms with E-state index in [9.17, 15) is 9.18 Å². The van der Waals surface area contributed by atoms with Gasteiger partial charge in [-0.25, -0.2) is 9.37 Å². The fraction of sp³-hybridized carbons (Fsp3) is 0.316. The minimum atomic E-state index is -1.02. The molecule has 26 heavy (non-hydrogen) atoms. The van der Waals surface area contributed by atoms with Crippen LogP contribution in [-0.2, 0) is 11.8 Å². The highest BCUT2D eigenvalue weighted by Crippen LogP contribution is 2.36. The van der Waals surface area contributed by atoms with Gasteiger partial charge in [-0.05, 0) is 31.5 Å². The number of halogens is 1. The number of carbonyl (C=O) groups is 1. The number of hydrogen-bond donors (Lipinski definition) is 1. The summed E-state index contributed by atoms with van der Waals surface area (Å²) in [5.74, 6) is 0.313. The molecule has 134 valence electrons. The maximum atomic E-state index is 13.0. The number of nitrogens with one attached hydrogen (secondary N) is 1. The summed E-state index contributed by atoms with van der Waals surface area (Å²) in [6.07, 6.45) is 2.69. The second-order valence-corrected chi connectivity index (χ2v) is 6.54. The summed E-state index contributed by atoms with van der Waals surface area (Å²) in [5.41, 5.74) is 3.63. The lowest BCUT2D eigenvalue weighted by Gasteiger charge is -2.11. The third kappa shape index (κ3) is 2.69. The summed E-state index contributed by atoms with van der Waals surface area (Å²) in [4.78, 5) is 20.6. The Morgan fingerprint density at radius 2 is 2.15 bits per heavy atom. The molecule has 6 nitrogen and oxygen atoms in total. The molecule has 0 bridgehead atoms. The number of nitrogens with zero attached hydrogens (tertiary/aromatic N) is 3. The van der Waals surface area contributed by atoms with E-state index in [1.54, 1.807) is 25.6 Å². The Morgan fingerprint density at radius 1 is 1.38 bits per heavy atom. The number of rotatable bonds is 4. The molecule has 0 spiro atoms. The van der Waals surface area contributed by atoms with Gasteiger partial charge in [-0.1, -0.05) is 0 Å². The van der Waals surface area contributed by atoms with Crippen LogP contribution in [0.4, 0.5) is 10.2 Å². The number of carbonyl (C=O) groups excluding carboxylic acids is 1. The van der Waals surface area contributed by atoms with Crippen molar-refractivity contribution in [3.05, 3.63) is 36.3 Å². The van der Waals surface area contributed by atoms with Gasteiger partial charge in [-0.2, -0.15) is 0 Å². The van der Waals surface area contributed by atoms with Gasteiger partial charge in [0.1, 0.15) is 17.7 Å². The Hall–Kier alpha value is -2.96. The largest absolute Gasteiger partial charge is 0.496 e. The van der Waals surface area contributed by atoms with Gasteiger partial charge in [0.15, 0.2) is 0 Å². The molecule has 0 aliphatic heterocycles. The Bertz CT molecular complexity index is 1010. The van der Waals surface area contributed by atoms with E-state index in [1.165, 1.54) is 0 Å². The third-order valence-electron chi connectivity index (χ3n) is 4.81. The van der Waals surface area contributed by atoms with Crippen molar-refractivity contribution < 1.29 is 13.9 Å².